The summed E-state index contributed by atoms with van der Waals surface area (Å²) in [5.41, 5.74) is 1.93. The van der Waals surface area contributed by atoms with Crippen molar-refractivity contribution < 1.29 is 51.9 Å². The number of esters is 1. The zero-order valence-corrected chi connectivity index (χ0v) is 23.2. The summed E-state index contributed by atoms with van der Waals surface area (Å²) in [4.78, 5) is 15.6. The molecular weight excluding hydrogens is 593 g/mol. The largest absolute Gasteiger partial charge is 0.489 e. The molecule has 0 aliphatic heterocycles. The quantitative estimate of drug-likeness (QED) is 0.168. The highest BCUT2D eigenvalue weighted by Crippen LogP contribution is 2.37. The Morgan fingerprint density at radius 3 is 2.35 bits per heavy atom. The van der Waals surface area contributed by atoms with E-state index in [1.165, 1.54) is 54.9 Å². The number of hydrogen-bond acceptors (Lipinski definition) is 7. The topological polar surface area (TPSA) is 130 Å². The number of hydrogen-bond donors (Lipinski definition) is 2. The van der Waals surface area contributed by atoms with E-state index in [1.54, 1.807) is 0 Å². The van der Waals surface area contributed by atoms with Crippen LogP contribution in [0.1, 0.15) is 30.1 Å². The van der Waals surface area contributed by atoms with Gasteiger partial charge in [0.15, 0.2) is 45.2 Å². The minimum atomic E-state index is -4.10. The molecule has 0 unspecified atom stereocenters. The number of ether oxygens (including phenoxy) is 3. The highest BCUT2D eigenvalue weighted by atomic mass is 35.5. The third kappa shape index (κ3) is 8.01. The second kappa shape index (κ2) is 13.1. The van der Waals surface area contributed by atoms with Gasteiger partial charge in [-0.25, -0.2) is 18.6 Å². The summed E-state index contributed by atoms with van der Waals surface area (Å²) in [5, 5.41) is 9.55. The van der Waals surface area contributed by atoms with Crippen molar-refractivity contribution in [2.24, 2.45) is 5.92 Å². The fourth-order valence-corrected chi connectivity index (χ4v) is 5.43. The van der Waals surface area contributed by atoms with E-state index in [0.717, 1.165) is 18.3 Å². The summed E-state index contributed by atoms with van der Waals surface area (Å²) in [7, 11) is -4.10. The summed E-state index contributed by atoms with van der Waals surface area (Å²) in [5.74, 6) is -1.90. The molecule has 14 heteroatoms. The van der Waals surface area contributed by atoms with Gasteiger partial charge in [-0.1, -0.05) is 29.3 Å². The third-order valence-electron chi connectivity index (χ3n) is 6.08. The van der Waals surface area contributed by atoms with Crippen LogP contribution in [0.15, 0.2) is 59.8 Å². The predicted octanol–water partition coefficient (Wildman–Crippen LogP) is 4.08. The summed E-state index contributed by atoms with van der Waals surface area (Å²) in [6.45, 7) is -2.79. The SMILES string of the molecule is O=C(CS(=O)(=O)c1ccc([NH2+]O)cc1)O[C@@H](Cc1c(Cl)c[nH+]cc1Cl)c1ccc(OC(F)F)c(OCC2CC2)c1. The Hall–Kier alpha value is -3.03. The van der Waals surface area contributed by atoms with Crippen molar-refractivity contribution in [1.29, 1.82) is 0 Å². The number of H-pyrrole nitrogens is 1. The molecule has 40 heavy (non-hydrogen) atoms. The monoisotopic (exact) mass is 618 g/mol. The highest BCUT2D eigenvalue weighted by molar-refractivity contribution is 7.92. The third-order valence-corrected chi connectivity index (χ3v) is 8.36. The lowest BCUT2D eigenvalue weighted by Gasteiger charge is -2.21. The van der Waals surface area contributed by atoms with Gasteiger partial charge in [-0.15, -0.1) is 0 Å². The average Bonchev–Trinajstić information content (AvgIpc) is 3.74. The van der Waals surface area contributed by atoms with Gasteiger partial charge in [-0.3, -0.25) is 4.79 Å². The molecule has 4 N–H and O–H groups in total. The maximum absolute atomic E-state index is 13.0. The van der Waals surface area contributed by atoms with Crippen LogP contribution in [0, 0.1) is 5.92 Å². The van der Waals surface area contributed by atoms with E-state index in [9.17, 15) is 22.0 Å². The molecular formula is C26H26Cl2F2N2O7S+2. The van der Waals surface area contributed by atoms with Crippen molar-refractivity contribution >= 4 is 44.7 Å². The van der Waals surface area contributed by atoms with Gasteiger partial charge in [0.05, 0.1) is 11.5 Å². The standard InChI is InChI=1S/C26H24Cl2F2N2O7S/c27-20-11-31-12-21(28)19(20)10-23(38-25(33)14-40(35,36)18-6-4-17(32-34)5-7-18)16-3-8-22(39-26(29)30)24(9-16)37-13-15-1-2-15/h3-9,11-12,15,23,26,32,34H,1-2,10,13-14H2/p+2/t23-/m0/s1. The Labute approximate surface area is 238 Å². The summed E-state index contributed by atoms with van der Waals surface area (Å²) in [6, 6.07) is 9.36. The summed E-state index contributed by atoms with van der Waals surface area (Å²) in [6.07, 6.45) is 3.70. The zero-order chi connectivity index (χ0) is 28.9. The lowest BCUT2D eigenvalue weighted by molar-refractivity contribution is -0.825. The van der Waals surface area contributed by atoms with Gasteiger partial charge in [-0.05, 0) is 48.6 Å². The first kappa shape index (κ1) is 29.9. The number of nitrogens with two attached hydrogens (primary N) is 1. The molecule has 1 aliphatic carbocycles. The van der Waals surface area contributed by atoms with Crippen LogP contribution in [0.5, 0.6) is 11.5 Å². The van der Waals surface area contributed by atoms with Gasteiger partial charge in [0.1, 0.15) is 16.1 Å². The molecule has 9 nitrogen and oxygen atoms in total. The molecule has 0 amide bonds. The first-order chi connectivity index (χ1) is 19.1. The van der Waals surface area contributed by atoms with Crippen molar-refractivity contribution in [3.8, 4) is 11.5 Å². The molecule has 1 heterocycles. The molecule has 214 valence electrons. The van der Waals surface area contributed by atoms with Crippen LogP contribution in [0.2, 0.25) is 10.0 Å². The van der Waals surface area contributed by atoms with Crippen molar-refractivity contribution in [3.05, 3.63) is 76.0 Å². The molecule has 3 aromatic rings. The van der Waals surface area contributed by atoms with Crippen LogP contribution in [0.4, 0.5) is 14.5 Å². The van der Waals surface area contributed by atoms with Gasteiger partial charge in [0, 0.05) is 24.1 Å². The van der Waals surface area contributed by atoms with E-state index in [1.807, 2.05) is 0 Å². The number of benzene rings is 2. The van der Waals surface area contributed by atoms with Gasteiger partial charge in [0.25, 0.3) is 0 Å². The predicted molar refractivity (Wildman–Crippen MR) is 139 cm³/mol. The van der Waals surface area contributed by atoms with Crippen molar-refractivity contribution in [2.45, 2.75) is 36.9 Å². The summed E-state index contributed by atoms with van der Waals surface area (Å²) >= 11 is 12.6. The average molecular weight is 619 g/mol. The van der Waals surface area contributed by atoms with Crippen LogP contribution >= 0.6 is 23.2 Å². The second-order valence-electron chi connectivity index (χ2n) is 9.11. The fraction of sp³-hybridized carbons (Fsp3) is 0.308. The number of rotatable bonds is 13. The molecule has 1 saturated carbocycles. The molecule has 1 aromatic heterocycles. The van der Waals surface area contributed by atoms with Crippen LogP contribution < -0.4 is 19.9 Å². The first-order valence-corrected chi connectivity index (χ1v) is 14.5. The van der Waals surface area contributed by atoms with E-state index in [4.69, 9.17) is 37.9 Å². The van der Waals surface area contributed by atoms with Crippen LogP contribution in [-0.2, 0) is 25.8 Å². The highest BCUT2D eigenvalue weighted by Gasteiger charge is 2.28. The Balaban J connectivity index is 1.63. The lowest BCUT2D eigenvalue weighted by Crippen LogP contribution is -2.73. The number of carbonyl (C=O) groups excluding carboxylic acids is 1. The molecule has 0 bridgehead atoms. The molecule has 0 radical (unpaired) electrons. The number of nitrogens with one attached hydrogen (secondary N) is 1. The number of quaternary nitrogens is 1. The van der Waals surface area contributed by atoms with E-state index in [-0.39, 0.29) is 32.9 Å². The first-order valence-electron chi connectivity index (χ1n) is 12.1. The number of halogens is 4. The molecule has 0 saturated heterocycles. The van der Waals surface area contributed by atoms with Crippen LogP contribution in [0.25, 0.3) is 0 Å². The van der Waals surface area contributed by atoms with E-state index >= 15 is 0 Å². The minimum absolute atomic E-state index is 0.0257. The molecule has 4 rings (SSSR count). The number of pyridine rings is 1. The van der Waals surface area contributed by atoms with Crippen LogP contribution in [0.3, 0.4) is 0 Å². The van der Waals surface area contributed by atoms with E-state index in [2.05, 4.69) is 9.72 Å². The Morgan fingerprint density at radius 2 is 1.75 bits per heavy atom. The van der Waals surface area contributed by atoms with Crippen molar-refractivity contribution in [1.82, 2.24) is 0 Å². The number of aromatic amines is 1. The molecule has 1 aliphatic rings. The Bertz CT molecular complexity index is 1440. The minimum Gasteiger partial charge on any atom is -0.489 e. The normalized spacial score (nSPS) is 14.2. The summed E-state index contributed by atoms with van der Waals surface area (Å²) < 4.78 is 67.7. The maximum Gasteiger partial charge on any atom is 0.387 e. The van der Waals surface area contributed by atoms with Crippen molar-refractivity contribution in [2.75, 3.05) is 12.4 Å². The van der Waals surface area contributed by atoms with Gasteiger partial charge in [0.2, 0.25) is 0 Å². The smallest absolute Gasteiger partial charge is 0.387 e. The van der Waals surface area contributed by atoms with Crippen molar-refractivity contribution in [3.63, 3.8) is 0 Å². The number of carbonyl (C=O) groups is 1. The molecule has 2 aromatic carbocycles. The van der Waals surface area contributed by atoms with E-state index in [0.29, 0.717) is 29.3 Å². The number of sulfone groups is 1. The second-order valence-corrected chi connectivity index (χ2v) is 11.9. The zero-order valence-electron chi connectivity index (χ0n) is 20.9. The molecule has 0 spiro atoms. The Morgan fingerprint density at radius 1 is 1.07 bits per heavy atom. The number of aromatic nitrogens is 1. The molecule has 1 fully saturated rings. The number of alkyl halides is 2. The lowest BCUT2D eigenvalue weighted by atomic mass is 10.0. The van der Waals surface area contributed by atoms with Gasteiger partial charge >= 0.3 is 12.6 Å². The van der Waals surface area contributed by atoms with E-state index < -0.39 is 34.3 Å². The van der Waals surface area contributed by atoms with Crippen LogP contribution in [-0.4, -0.2) is 38.6 Å². The van der Waals surface area contributed by atoms with Gasteiger partial charge in [-0.2, -0.15) is 14.3 Å². The fourth-order valence-electron chi connectivity index (χ4n) is 3.80. The Kier molecular flexibility index (Phi) is 9.80. The van der Waals surface area contributed by atoms with Gasteiger partial charge < -0.3 is 14.2 Å². The maximum atomic E-state index is 13.0. The molecule has 1 atom stereocenters.